The molecule has 0 unspecified atom stereocenters. The third kappa shape index (κ3) is 4.60. The van der Waals surface area contributed by atoms with Gasteiger partial charge in [-0.05, 0) is 45.7 Å². The lowest BCUT2D eigenvalue weighted by Gasteiger charge is -2.33. The number of carbonyl (C=O) groups is 1. The molecule has 1 aliphatic heterocycles. The van der Waals surface area contributed by atoms with E-state index in [1.807, 2.05) is 31.6 Å². The average Bonchev–Trinajstić information content (AvgIpc) is 3.66. The third-order valence-corrected chi connectivity index (χ3v) is 8.14. The van der Waals surface area contributed by atoms with Crippen molar-refractivity contribution in [1.29, 1.82) is 0 Å². The third-order valence-electron chi connectivity index (χ3n) is 6.56. The summed E-state index contributed by atoms with van der Waals surface area (Å²) in [7, 11) is -4.08. The molecule has 0 atom stereocenters. The Bertz CT molecular complexity index is 1790. The number of fused-ring (bicyclic) bond motifs is 2. The summed E-state index contributed by atoms with van der Waals surface area (Å²) in [4.78, 5) is 26.7. The van der Waals surface area contributed by atoms with Gasteiger partial charge in [-0.2, -0.15) is 22.7 Å². The van der Waals surface area contributed by atoms with Crippen molar-refractivity contribution in [2.24, 2.45) is 0 Å². The highest BCUT2D eigenvalue weighted by atomic mass is 32.2. The van der Waals surface area contributed by atoms with Gasteiger partial charge in [0.2, 0.25) is 5.78 Å². The molecule has 1 amide bonds. The Morgan fingerprint density at radius 3 is 2.56 bits per heavy atom. The number of hydrogen-bond donors (Lipinski definition) is 0. The predicted molar refractivity (Wildman–Crippen MR) is 140 cm³/mol. The fourth-order valence-electron chi connectivity index (χ4n) is 4.65. The summed E-state index contributed by atoms with van der Waals surface area (Å²) in [5, 5.41) is 8.63. The minimum absolute atomic E-state index is 0.0495. The van der Waals surface area contributed by atoms with E-state index in [1.54, 1.807) is 41.8 Å². The van der Waals surface area contributed by atoms with Gasteiger partial charge in [0.15, 0.2) is 5.03 Å². The van der Waals surface area contributed by atoms with Crippen molar-refractivity contribution in [2.75, 3.05) is 13.1 Å². The number of amides is 1. The molecule has 0 aromatic carbocycles. The van der Waals surface area contributed by atoms with Gasteiger partial charge in [-0.1, -0.05) is 0 Å². The zero-order valence-corrected chi connectivity index (χ0v) is 22.5. The number of piperidine rings is 1. The van der Waals surface area contributed by atoms with Crippen LogP contribution in [0.2, 0.25) is 0 Å². The number of likely N-dealkylation sites (tertiary alicyclic amines) is 1. The highest BCUT2D eigenvalue weighted by Crippen LogP contribution is 2.28. The standard InChI is InChI=1S/C25H27N9O4S/c1-25(2,3)38-24(35)31-9-5-19(6-10-31)33-16-18(13-29-33)17-11-21-20(27-12-17)14-30-34(21)39(36,37)22-15-28-23-26-7-4-8-32(22)23/h4,7-8,11-16,19H,5-6,9-10H2,1-3H3. The van der Waals surface area contributed by atoms with Crippen molar-refractivity contribution in [3.63, 3.8) is 0 Å². The molecule has 0 bridgehead atoms. The lowest BCUT2D eigenvalue weighted by Crippen LogP contribution is -2.42. The number of rotatable bonds is 4. The van der Waals surface area contributed by atoms with E-state index in [0.29, 0.717) is 29.7 Å². The topological polar surface area (TPSA) is 142 Å². The van der Waals surface area contributed by atoms with E-state index in [1.165, 1.54) is 16.8 Å². The lowest BCUT2D eigenvalue weighted by molar-refractivity contribution is 0.0184. The van der Waals surface area contributed by atoms with Crippen molar-refractivity contribution in [3.8, 4) is 11.1 Å². The van der Waals surface area contributed by atoms with Gasteiger partial charge in [0.1, 0.15) is 16.6 Å². The molecule has 202 valence electrons. The number of nitrogens with zero attached hydrogens (tertiary/aromatic N) is 9. The number of aromatic nitrogens is 8. The average molecular weight is 550 g/mol. The molecule has 0 N–H and O–H groups in total. The summed E-state index contributed by atoms with van der Waals surface area (Å²) in [5.74, 6) is 0.274. The summed E-state index contributed by atoms with van der Waals surface area (Å²) < 4.78 is 36.8. The Labute approximate surface area is 224 Å². The molecule has 0 saturated carbocycles. The van der Waals surface area contributed by atoms with E-state index < -0.39 is 15.6 Å². The van der Waals surface area contributed by atoms with E-state index in [2.05, 4.69) is 25.1 Å². The molecule has 13 nitrogen and oxygen atoms in total. The zero-order valence-electron chi connectivity index (χ0n) is 21.7. The molecule has 0 aliphatic carbocycles. The second-order valence-electron chi connectivity index (χ2n) is 10.4. The van der Waals surface area contributed by atoms with Crippen molar-refractivity contribution in [2.45, 2.75) is 50.3 Å². The molecule has 1 fully saturated rings. The zero-order chi connectivity index (χ0) is 27.4. The van der Waals surface area contributed by atoms with Crippen LogP contribution >= 0.6 is 0 Å². The molecule has 39 heavy (non-hydrogen) atoms. The fraction of sp³-hybridized carbons (Fsp3) is 0.360. The smallest absolute Gasteiger partial charge is 0.410 e. The van der Waals surface area contributed by atoms with Gasteiger partial charge in [-0.3, -0.25) is 14.1 Å². The van der Waals surface area contributed by atoms with Crippen molar-refractivity contribution < 1.29 is 17.9 Å². The van der Waals surface area contributed by atoms with Gasteiger partial charge in [0.25, 0.3) is 0 Å². The maximum absolute atomic E-state index is 13.5. The first-order valence-corrected chi connectivity index (χ1v) is 13.9. The van der Waals surface area contributed by atoms with Crippen LogP contribution in [0.25, 0.3) is 27.9 Å². The molecule has 6 heterocycles. The predicted octanol–water partition coefficient (Wildman–Crippen LogP) is 3.15. The summed E-state index contributed by atoms with van der Waals surface area (Å²) in [6, 6.07) is 3.50. The van der Waals surface area contributed by atoms with Crippen LogP contribution in [0.15, 0.2) is 60.5 Å². The van der Waals surface area contributed by atoms with E-state index >= 15 is 0 Å². The molecule has 5 aromatic rings. The largest absolute Gasteiger partial charge is 0.444 e. The Morgan fingerprint density at radius 1 is 1.00 bits per heavy atom. The van der Waals surface area contributed by atoms with Crippen molar-refractivity contribution in [3.05, 3.63) is 55.5 Å². The van der Waals surface area contributed by atoms with Gasteiger partial charge >= 0.3 is 16.1 Å². The first kappa shape index (κ1) is 25.0. The number of hydrogen-bond acceptors (Lipinski definition) is 9. The molecule has 1 aliphatic rings. The van der Waals surface area contributed by atoms with Crippen LogP contribution in [0.5, 0.6) is 0 Å². The molecule has 14 heteroatoms. The minimum atomic E-state index is -4.08. The van der Waals surface area contributed by atoms with Crippen molar-refractivity contribution in [1.82, 2.24) is 43.2 Å². The quantitative estimate of drug-likeness (QED) is 0.330. The molecular formula is C25H27N9O4S. The highest BCUT2D eigenvalue weighted by molar-refractivity contribution is 7.90. The minimum Gasteiger partial charge on any atom is -0.444 e. The second kappa shape index (κ2) is 9.15. The Kier molecular flexibility index (Phi) is 5.86. The first-order valence-electron chi connectivity index (χ1n) is 12.5. The monoisotopic (exact) mass is 549 g/mol. The maximum atomic E-state index is 13.5. The highest BCUT2D eigenvalue weighted by Gasteiger charge is 2.28. The summed E-state index contributed by atoms with van der Waals surface area (Å²) in [6.45, 7) is 6.73. The van der Waals surface area contributed by atoms with Crippen molar-refractivity contribution >= 4 is 32.9 Å². The number of carbonyl (C=O) groups excluding carboxylic acids is 1. The van der Waals surface area contributed by atoms with Crippen LogP contribution in [0.1, 0.15) is 39.7 Å². The van der Waals surface area contributed by atoms with Gasteiger partial charge in [-0.15, -0.1) is 0 Å². The number of pyridine rings is 1. The summed E-state index contributed by atoms with van der Waals surface area (Å²) in [5.41, 5.74) is 1.75. The van der Waals surface area contributed by atoms with Crippen LogP contribution in [0, 0.1) is 0 Å². The molecular weight excluding hydrogens is 522 g/mol. The fourth-order valence-corrected chi connectivity index (χ4v) is 5.98. The normalized spacial score (nSPS) is 15.3. The van der Waals surface area contributed by atoms with Crippen LogP contribution in [-0.4, -0.2) is 76.4 Å². The van der Waals surface area contributed by atoms with Gasteiger partial charge in [-0.25, -0.2) is 14.8 Å². The van der Waals surface area contributed by atoms with E-state index in [4.69, 9.17) is 4.74 Å². The lowest BCUT2D eigenvalue weighted by atomic mass is 10.1. The van der Waals surface area contributed by atoms with E-state index in [0.717, 1.165) is 22.5 Å². The maximum Gasteiger partial charge on any atom is 0.410 e. The Balaban J connectivity index is 1.24. The SMILES string of the molecule is CC(C)(C)OC(=O)N1CCC(n2cc(-c3cnc4cnn(S(=O)(=O)c5cnc6ncccn56)c4c3)cn2)CC1. The second-order valence-corrected chi connectivity index (χ2v) is 12.1. The number of imidazole rings is 1. The Hall–Kier alpha value is -4.33. The molecule has 1 saturated heterocycles. The molecule has 6 rings (SSSR count). The van der Waals surface area contributed by atoms with Gasteiger partial charge in [0, 0.05) is 49.0 Å². The molecule has 0 radical (unpaired) electrons. The van der Waals surface area contributed by atoms with E-state index in [9.17, 15) is 13.2 Å². The Morgan fingerprint density at radius 2 is 1.79 bits per heavy atom. The first-order chi connectivity index (χ1) is 18.6. The van der Waals surface area contributed by atoms with Crippen LogP contribution in [0.3, 0.4) is 0 Å². The van der Waals surface area contributed by atoms with Gasteiger partial charge in [0.05, 0.1) is 24.6 Å². The van der Waals surface area contributed by atoms with E-state index in [-0.39, 0.29) is 22.9 Å². The number of ether oxygens (including phenoxy) is 1. The molecule has 0 spiro atoms. The van der Waals surface area contributed by atoms with Crippen LogP contribution in [0.4, 0.5) is 4.79 Å². The van der Waals surface area contributed by atoms with Crippen LogP contribution in [-0.2, 0) is 14.8 Å². The summed E-state index contributed by atoms with van der Waals surface area (Å²) in [6.07, 6.45) is 12.3. The van der Waals surface area contributed by atoms with Crippen LogP contribution < -0.4 is 0 Å². The summed E-state index contributed by atoms with van der Waals surface area (Å²) >= 11 is 0. The van der Waals surface area contributed by atoms with Gasteiger partial charge < -0.3 is 9.64 Å². The molecule has 5 aromatic heterocycles.